The molecule has 2 rings (SSSR count). The molecule has 0 unspecified atom stereocenters. The topological polar surface area (TPSA) is 18.5 Å². The Balaban J connectivity index is 1.50. The molecule has 0 bridgehead atoms. The van der Waals surface area contributed by atoms with Crippen LogP contribution in [0.2, 0.25) is 0 Å². The van der Waals surface area contributed by atoms with Gasteiger partial charge in [-0.3, -0.25) is 0 Å². The third-order valence-electron chi connectivity index (χ3n) is 4.67. The minimum absolute atomic E-state index is 0.637. The van der Waals surface area contributed by atoms with E-state index in [2.05, 4.69) is 29.0 Å². The molecule has 0 radical (unpaired) electrons. The Kier molecular flexibility index (Phi) is 6.62. The largest absolute Gasteiger partial charge is 0.314 e. The lowest BCUT2D eigenvalue weighted by molar-refractivity contribution is 0.172. The minimum atomic E-state index is 0.637. The maximum atomic E-state index is 3.59. The van der Waals surface area contributed by atoms with Crippen molar-refractivity contribution in [2.45, 2.75) is 52.0 Å². The summed E-state index contributed by atoms with van der Waals surface area (Å²) in [6.07, 6.45) is 7.00. The highest BCUT2D eigenvalue weighted by molar-refractivity contribution is 4.75. The molecule has 3 heteroatoms. The second-order valence-electron chi connectivity index (χ2n) is 6.75. The summed E-state index contributed by atoms with van der Waals surface area (Å²) in [4.78, 5) is 5.32. The third-order valence-corrected chi connectivity index (χ3v) is 4.67. The van der Waals surface area contributed by atoms with Crippen molar-refractivity contribution in [2.75, 3.05) is 45.8 Å². The molecule has 0 aromatic carbocycles. The average Bonchev–Trinajstić information content (AvgIpc) is 2.91. The molecule has 2 aliphatic rings. The number of nitrogens with one attached hydrogen (secondary N) is 1. The molecule has 0 saturated carbocycles. The zero-order chi connectivity index (χ0) is 13.5. The fraction of sp³-hybridized carbons (Fsp3) is 1.00. The van der Waals surface area contributed by atoms with E-state index >= 15 is 0 Å². The highest BCUT2D eigenvalue weighted by Gasteiger charge is 2.19. The summed E-state index contributed by atoms with van der Waals surface area (Å²) in [6, 6.07) is 0.637. The molecule has 0 atom stereocenters. The van der Waals surface area contributed by atoms with Crippen molar-refractivity contribution in [1.29, 1.82) is 0 Å². The van der Waals surface area contributed by atoms with Gasteiger partial charge in [-0.15, -0.1) is 0 Å². The van der Waals surface area contributed by atoms with Crippen LogP contribution in [-0.4, -0.2) is 61.7 Å². The van der Waals surface area contributed by atoms with Crippen LogP contribution in [0.5, 0.6) is 0 Å². The highest BCUT2D eigenvalue weighted by atomic mass is 15.2. The number of hydrogen-bond acceptors (Lipinski definition) is 3. The minimum Gasteiger partial charge on any atom is -0.314 e. The van der Waals surface area contributed by atoms with E-state index in [0.717, 1.165) is 5.92 Å². The van der Waals surface area contributed by atoms with Crippen LogP contribution in [0.15, 0.2) is 0 Å². The molecule has 0 spiro atoms. The summed E-state index contributed by atoms with van der Waals surface area (Å²) in [5.41, 5.74) is 0. The monoisotopic (exact) mass is 267 g/mol. The van der Waals surface area contributed by atoms with Crippen molar-refractivity contribution in [3.63, 3.8) is 0 Å². The highest BCUT2D eigenvalue weighted by Crippen LogP contribution is 2.17. The molecular weight excluding hydrogens is 234 g/mol. The van der Waals surface area contributed by atoms with E-state index in [9.17, 15) is 0 Å². The van der Waals surface area contributed by atoms with Gasteiger partial charge in [-0.1, -0.05) is 13.8 Å². The first-order valence-electron chi connectivity index (χ1n) is 8.42. The van der Waals surface area contributed by atoms with E-state index in [1.54, 1.807) is 0 Å². The van der Waals surface area contributed by atoms with Crippen LogP contribution in [0, 0.1) is 5.92 Å². The van der Waals surface area contributed by atoms with Gasteiger partial charge >= 0.3 is 0 Å². The van der Waals surface area contributed by atoms with Crippen molar-refractivity contribution < 1.29 is 0 Å². The number of nitrogens with zero attached hydrogens (tertiary/aromatic N) is 2. The van der Waals surface area contributed by atoms with Gasteiger partial charge in [0, 0.05) is 6.04 Å². The molecule has 0 amide bonds. The standard InChI is InChI=1S/C16H33N3/c1-15(2)17-14-16-6-12-19(13-7-16)11-5-10-18-8-3-4-9-18/h15-17H,3-14H2,1-2H3. The molecule has 0 aromatic rings. The summed E-state index contributed by atoms with van der Waals surface area (Å²) in [5.74, 6) is 0.914. The molecule has 2 saturated heterocycles. The Morgan fingerprint density at radius 2 is 1.53 bits per heavy atom. The molecule has 0 aromatic heterocycles. The van der Waals surface area contributed by atoms with Crippen molar-refractivity contribution in [1.82, 2.24) is 15.1 Å². The lowest BCUT2D eigenvalue weighted by Crippen LogP contribution is -2.39. The summed E-state index contributed by atoms with van der Waals surface area (Å²) >= 11 is 0. The number of hydrogen-bond donors (Lipinski definition) is 1. The van der Waals surface area contributed by atoms with Crippen LogP contribution in [0.25, 0.3) is 0 Å². The van der Waals surface area contributed by atoms with Gasteiger partial charge < -0.3 is 15.1 Å². The molecule has 2 heterocycles. The first kappa shape index (κ1) is 15.3. The first-order chi connectivity index (χ1) is 9.24. The molecule has 19 heavy (non-hydrogen) atoms. The Labute approximate surface area is 119 Å². The lowest BCUT2D eigenvalue weighted by Gasteiger charge is -2.32. The summed E-state index contributed by atoms with van der Waals surface area (Å²) in [6.45, 7) is 13.7. The second-order valence-corrected chi connectivity index (χ2v) is 6.75. The molecular formula is C16H33N3. The average molecular weight is 267 g/mol. The predicted molar refractivity (Wildman–Crippen MR) is 82.6 cm³/mol. The van der Waals surface area contributed by atoms with E-state index < -0.39 is 0 Å². The Morgan fingerprint density at radius 3 is 2.11 bits per heavy atom. The SMILES string of the molecule is CC(C)NCC1CCN(CCCN2CCCC2)CC1. The van der Waals surface area contributed by atoms with Crippen molar-refractivity contribution in [3.8, 4) is 0 Å². The molecule has 2 fully saturated rings. The summed E-state index contributed by atoms with van der Waals surface area (Å²) in [5, 5.41) is 3.59. The van der Waals surface area contributed by atoms with E-state index in [-0.39, 0.29) is 0 Å². The van der Waals surface area contributed by atoms with Crippen molar-refractivity contribution in [2.24, 2.45) is 5.92 Å². The zero-order valence-corrected chi connectivity index (χ0v) is 13.0. The normalized spacial score (nSPS) is 23.5. The Bertz CT molecular complexity index is 228. The van der Waals surface area contributed by atoms with Crippen LogP contribution in [0.4, 0.5) is 0 Å². The fourth-order valence-electron chi connectivity index (χ4n) is 3.34. The van der Waals surface area contributed by atoms with Crippen LogP contribution in [-0.2, 0) is 0 Å². The van der Waals surface area contributed by atoms with Gasteiger partial charge in [0.25, 0.3) is 0 Å². The van der Waals surface area contributed by atoms with Crippen molar-refractivity contribution >= 4 is 0 Å². The van der Waals surface area contributed by atoms with E-state index in [4.69, 9.17) is 0 Å². The Hall–Kier alpha value is -0.120. The third kappa shape index (κ3) is 5.80. The van der Waals surface area contributed by atoms with Crippen molar-refractivity contribution in [3.05, 3.63) is 0 Å². The zero-order valence-electron chi connectivity index (χ0n) is 13.0. The molecule has 112 valence electrons. The van der Waals surface area contributed by atoms with Crippen LogP contribution in [0.1, 0.15) is 46.0 Å². The maximum Gasteiger partial charge on any atom is 0.00104 e. The van der Waals surface area contributed by atoms with Gasteiger partial charge in [-0.2, -0.15) is 0 Å². The lowest BCUT2D eigenvalue weighted by atomic mass is 9.96. The van der Waals surface area contributed by atoms with Gasteiger partial charge in [-0.05, 0) is 83.8 Å². The predicted octanol–water partition coefficient (Wildman–Crippen LogP) is 2.18. The van der Waals surface area contributed by atoms with Gasteiger partial charge in [0.05, 0.1) is 0 Å². The summed E-state index contributed by atoms with van der Waals surface area (Å²) in [7, 11) is 0. The van der Waals surface area contributed by atoms with E-state index in [0.29, 0.717) is 6.04 Å². The molecule has 2 aliphatic heterocycles. The van der Waals surface area contributed by atoms with Crippen LogP contribution < -0.4 is 5.32 Å². The van der Waals surface area contributed by atoms with Crippen LogP contribution in [0.3, 0.4) is 0 Å². The quantitative estimate of drug-likeness (QED) is 0.763. The molecule has 0 aliphatic carbocycles. The number of likely N-dealkylation sites (tertiary alicyclic amines) is 2. The van der Waals surface area contributed by atoms with Gasteiger partial charge in [0.2, 0.25) is 0 Å². The van der Waals surface area contributed by atoms with E-state index in [1.807, 2.05) is 0 Å². The molecule has 1 N–H and O–H groups in total. The van der Waals surface area contributed by atoms with Crippen LogP contribution >= 0.6 is 0 Å². The fourth-order valence-corrected chi connectivity index (χ4v) is 3.34. The molecule has 3 nitrogen and oxygen atoms in total. The second kappa shape index (κ2) is 8.23. The van der Waals surface area contributed by atoms with Gasteiger partial charge in [0.15, 0.2) is 0 Å². The Morgan fingerprint density at radius 1 is 0.947 bits per heavy atom. The van der Waals surface area contributed by atoms with E-state index in [1.165, 1.54) is 77.9 Å². The first-order valence-corrected chi connectivity index (χ1v) is 8.42. The van der Waals surface area contributed by atoms with Gasteiger partial charge in [-0.25, -0.2) is 0 Å². The smallest absolute Gasteiger partial charge is 0.00104 e. The number of rotatable bonds is 7. The number of piperidine rings is 1. The van der Waals surface area contributed by atoms with Gasteiger partial charge in [0.1, 0.15) is 0 Å². The maximum absolute atomic E-state index is 3.59. The summed E-state index contributed by atoms with van der Waals surface area (Å²) < 4.78 is 0.